The van der Waals surface area contributed by atoms with E-state index in [1.54, 1.807) is 11.3 Å². The van der Waals surface area contributed by atoms with Crippen molar-refractivity contribution in [1.29, 1.82) is 0 Å². The van der Waals surface area contributed by atoms with E-state index in [4.69, 9.17) is 4.52 Å². The molecule has 2 N–H and O–H groups in total. The van der Waals surface area contributed by atoms with Gasteiger partial charge in [0, 0.05) is 30.7 Å². The lowest BCUT2D eigenvalue weighted by atomic mass is 10.2. The van der Waals surface area contributed by atoms with Gasteiger partial charge < -0.3 is 15.2 Å². The molecule has 2 amide bonds. The van der Waals surface area contributed by atoms with Gasteiger partial charge in [-0.3, -0.25) is 19.7 Å². The topological polar surface area (TPSA) is 140 Å². The molecule has 0 radical (unpaired) electrons. The van der Waals surface area contributed by atoms with Crippen molar-refractivity contribution in [3.63, 3.8) is 0 Å². The van der Waals surface area contributed by atoms with Gasteiger partial charge in [0.2, 0.25) is 17.6 Å². The lowest BCUT2D eigenvalue weighted by Gasteiger charge is -2.07. The maximum atomic E-state index is 12.0. The van der Waals surface area contributed by atoms with Gasteiger partial charge in [0.1, 0.15) is 0 Å². The number of nitrogens with zero attached hydrogens (tertiary/aromatic N) is 3. The van der Waals surface area contributed by atoms with E-state index in [-0.39, 0.29) is 23.7 Å². The van der Waals surface area contributed by atoms with E-state index in [9.17, 15) is 19.7 Å². The zero-order valence-electron chi connectivity index (χ0n) is 16.6. The van der Waals surface area contributed by atoms with Crippen LogP contribution in [0.25, 0.3) is 10.7 Å². The molecule has 3 aromatic rings. The number of hydrogen-bond acceptors (Lipinski definition) is 8. The van der Waals surface area contributed by atoms with Crippen LogP contribution in [0.1, 0.15) is 35.5 Å². The number of unbranched alkanes of at least 4 members (excludes halogenated alkanes) is 2. The molecule has 3 rings (SSSR count). The summed E-state index contributed by atoms with van der Waals surface area (Å²) < 4.78 is 5.24. The van der Waals surface area contributed by atoms with Crippen LogP contribution in [0.2, 0.25) is 0 Å². The summed E-state index contributed by atoms with van der Waals surface area (Å²) in [6, 6.07) is 9.21. The van der Waals surface area contributed by atoms with E-state index in [2.05, 4.69) is 20.8 Å². The van der Waals surface area contributed by atoms with Crippen molar-refractivity contribution in [2.24, 2.45) is 0 Å². The summed E-state index contributed by atoms with van der Waals surface area (Å²) in [4.78, 5) is 39.4. The summed E-state index contributed by atoms with van der Waals surface area (Å²) in [7, 11) is 0. The lowest BCUT2D eigenvalue weighted by Crippen LogP contribution is -2.37. The molecule has 0 unspecified atom stereocenters. The molecule has 0 fully saturated rings. The number of aromatic nitrogens is 2. The Bertz CT molecular complexity index is 1030. The molecular formula is C20H21N5O5S. The predicted molar refractivity (Wildman–Crippen MR) is 114 cm³/mol. The predicted octanol–water partition coefficient (Wildman–Crippen LogP) is 2.97. The molecule has 10 nitrogen and oxygen atoms in total. The van der Waals surface area contributed by atoms with E-state index in [1.165, 1.54) is 24.3 Å². The maximum Gasteiger partial charge on any atom is 0.270 e. The number of rotatable bonds is 11. The molecule has 2 aromatic heterocycles. The normalized spacial score (nSPS) is 10.6. The zero-order chi connectivity index (χ0) is 22.1. The highest BCUT2D eigenvalue weighted by Crippen LogP contribution is 2.21. The summed E-state index contributed by atoms with van der Waals surface area (Å²) in [5, 5.41) is 21.9. The summed E-state index contributed by atoms with van der Waals surface area (Å²) in [6.45, 7) is 0.283. The van der Waals surface area contributed by atoms with Gasteiger partial charge in [0.15, 0.2) is 0 Å². The van der Waals surface area contributed by atoms with Crippen LogP contribution >= 0.6 is 11.3 Å². The van der Waals surface area contributed by atoms with Crippen LogP contribution in [0.5, 0.6) is 0 Å². The number of benzene rings is 1. The first kappa shape index (κ1) is 22.1. The molecular weight excluding hydrogens is 422 g/mol. The maximum absolute atomic E-state index is 12.0. The van der Waals surface area contributed by atoms with Crippen molar-refractivity contribution >= 4 is 28.8 Å². The Morgan fingerprint density at radius 1 is 1.13 bits per heavy atom. The molecule has 0 bridgehead atoms. The van der Waals surface area contributed by atoms with Gasteiger partial charge in [0.25, 0.3) is 11.6 Å². The Labute approximate surface area is 181 Å². The standard InChI is InChI=1S/C20H21N5O5S/c26-17(13-22-20(27)14-6-4-7-15(12-14)25(28)29)21-10-3-1-2-9-18-23-19(24-30-18)16-8-5-11-31-16/h4-8,11-12H,1-3,9-10,13H2,(H,21,26)(H,22,27). The largest absolute Gasteiger partial charge is 0.355 e. The van der Waals surface area contributed by atoms with Crippen LogP contribution in [-0.4, -0.2) is 40.0 Å². The van der Waals surface area contributed by atoms with Crippen molar-refractivity contribution in [1.82, 2.24) is 20.8 Å². The molecule has 11 heteroatoms. The van der Waals surface area contributed by atoms with Crippen LogP contribution in [0.4, 0.5) is 5.69 Å². The van der Waals surface area contributed by atoms with Crippen LogP contribution in [0.15, 0.2) is 46.3 Å². The number of nitro benzene ring substituents is 1. The van der Waals surface area contributed by atoms with Crippen LogP contribution in [0.3, 0.4) is 0 Å². The van der Waals surface area contributed by atoms with Gasteiger partial charge in [-0.15, -0.1) is 11.3 Å². The third-order valence-electron chi connectivity index (χ3n) is 4.33. The first-order valence-corrected chi connectivity index (χ1v) is 10.6. The number of thiophene rings is 1. The molecule has 31 heavy (non-hydrogen) atoms. The fraction of sp³-hybridized carbons (Fsp3) is 0.300. The molecule has 0 spiro atoms. The first-order chi connectivity index (χ1) is 15.0. The van der Waals surface area contributed by atoms with E-state index >= 15 is 0 Å². The van der Waals surface area contributed by atoms with Gasteiger partial charge in [-0.05, 0) is 30.4 Å². The molecule has 0 aliphatic heterocycles. The van der Waals surface area contributed by atoms with E-state index in [0.29, 0.717) is 24.7 Å². The number of aryl methyl sites for hydroxylation is 1. The number of nitrogens with one attached hydrogen (secondary N) is 2. The van der Waals surface area contributed by atoms with E-state index in [0.717, 1.165) is 24.1 Å². The molecule has 0 saturated heterocycles. The minimum Gasteiger partial charge on any atom is -0.355 e. The number of non-ortho nitro benzene ring substituents is 1. The second-order valence-corrected chi connectivity index (χ2v) is 7.59. The van der Waals surface area contributed by atoms with Gasteiger partial charge in [-0.25, -0.2) is 0 Å². The molecule has 0 saturated carbocycles. The molecule has 0 aliphatic rings. The molecule has 0 atom stereocenters. The van der Waals surface area contributed by atoms with Crippen molar-refractivity contribution in [2.75, 3.05) is 13.1 Å². The van der Waals surface area contributed by atoms with Gasteiger partial charge in [0.05, 0.1) is 16.3 Å². The quantitative estimate of drug-likeness (QED) is 0.264. The van der Waals surface area contributed by atoms with Gasteiger partial charge in [-0.2, -0.15) is 4.98 Å². The summed E-state index contributed by atoms with van der Waals surface area (Å²) in [6.07, 6.45) is 3.17. The van der Waals surface area contributed by atoms with Crippen LogP contribution in [-0.2, 0) is 11.2 Å². The highest BCUT2D eigenvalue weighted by molar-refractivity contribution is 7.13. The van der Waals surface area contributed by atoms with Crippen LogP contribution in [0, 0.1) is 10.1 Å². The number of carbonyl (C=O) groups excluding carboxylic acids is 2. The Kier molecular flexibility index (Phi) is 7.82. The van der Waals surface area contributed by atoms with E-state index < -0.39 is 10.8 Å². The number of carbonyl (C=O) groups is 2. The molecule has 162 valence electrons. The number of amides is 2. The number of nitro groups is 1. The summed E-state index contributed by atoms with van der Waals surface area (Å²) in [5.41, 5.74) is -0.0503. The minimum absolute atomic E-state index is 0.130. The third-order valence-corrected chi connectivity index (χ3v) is 5.19. The van der Waals surface area contributed by atoms with Crippen molar-refractivity contribution in [3.8, 4) is 10.7 Å². The molecule has 1 aromatic carbocycles. The Morgan fingerprint density at radius 2 is 2.00 bits per heavy atom. The van der Waals surface area contributed by atoms with Crippen molar-refractivity contribution < 1.29 is 19.0 Å². The fourth-order valence-electron chi connectivity index (χ4n) is 2.75. The highest BCUT2D eigenvalue weighted by Gasteiger charge is 2.12. The number of hydrogen-bond donors (Lipinski definition) is 2. The monoisotopic (exact) mass is 443 g/mol. The fourth-order valence-corrected chi connectivity index (χ4v) is 3.40. The average Bonchev–Trinajstić information content (AvgIpc) is 3.46. The minimum atomic E-state index is -0.579. The third kappa shape index (κ3) is 6.71. The molecule has 0 aliphatic carbocycles. The average molecular weight is 443 g/mol. The van der Waals surface area contributed by atoms with Gasteiger partial charge >= 0.3 is 0 Å². The zero-order valence-corrected chi connectivity index (χ0v) is 17.4. The summed E-state index contributed by atoms with van der Waals surface area (Å²) in [5.74, 6) is 0.331. The lowest BCUT2D eigenvalue weighted by molar-refractivity contribution is -0.384. The SMILES string of the molecule is O=C(CNC(=O)c1cccc([N+](=O)[O-])c1)NCCCCCc1nc(-c2cccs2)no1. The second kappa shape index (κ2) is 11.0. The van der Waals surface area contributed by atoms with E-state index in [1.807, 2.05) is 17.5 Å². The van der Waals surface area contributed by atoms with Gasteiger partial charge in [-0.1, -0.05) is 23.7 Å². The second-order valence-electron chi connectivity index (χ2n) is 6.64. The van der Waals surface area contributed by atoms with Crippen molar-refractivity contribution in [3.05, 3.63) is 63.3 Å². The highest BCUT2D eigenvalue weighted by atomic mass is 32.1. The molecule has 2 heterocycles. The van der Waals surface area contributed by atoms with Crippen molar-refractivity contribution in [2.45, 2.75) is 25.7 Å². The Balaban J connectivity index is 1.28. The summed E-state index contributed by atoms with van der Waals surface area (Å²) >= 11 is 1.55. The Hall–Kier alpha value is -3.60. The smallest absolute Gasteiger partial charge is 0.270 e. The Morgan fingerprint density at radius 3 is 2.77 bits per heavy atom. The van der Waals surface area contributed by atoms with Crippen LogP contribution < -0.4 is 10.6 Å². The first-order valence-electron chi connectivity index (χ1n) is 9.69.